The van der Waals surface area contributed by atoms with Gasteiger partial charge in [-0.05, 0) is 62.4 Å². The van der Waals surface area contributed by atoms with Crippen LogP contribution in [-0.2, 0) is 9.13 Å². The van der Waals surface area contributed by atoms with Crippen molar-refractivity contribution in [2.24, 2.45) is 15.0 Å². The van der Waals surface area contributed by atoms with E-state index in [1.165, 1.54) is 0 Å². The number of nitrogens with zero attached hydrogens (tertiary/aromatic N) is 3. The van der Waals surface area contributed by atoms with Gasteiger partial charge in [-0.25, -0.2) is 4.99 Å². The summed E-state index contributed by atoms with van der Waals surface area (Å²) in [5, 5.41) is 4.73. The zero-order chi connectivity index (χ0) is 35.3. The van der Waals surface area contributed by atoms with Gasteiger partial charge in [0.2, 0.25) is 0 Å². The van der Waals surface area contributed by atoms with E-state index in [1.807, 2.05) is 184 Å². The smallest absolute Gasteiger partial charge is 0.171 e. The Morgan fingerprint density at radius 1 is 0.451 bits per heavy atom. The van der Waals surface area contributed by atoms with Crippen LogP contribution in [0.1, 0.15) is 20.3 Å². The third-order valence-electron chi connectivity index (χ3n) is 9.03. The van der Waals surface area contributed by atoms with Crippen LogP contribution in [-0.4, -0.2) is 17.1 Å². The van der Waals surface area contributed by atoms with Gasteiger partial charge in [-0.3, -0.25) is 9.98 Å². The highest BCUT2D eigenvalue weighted by atomic mass is 31.2. The minimum atomic E-state index is -3.05. The Hall–Kier alpha value is -5.47. The summed E-state index contributed by atoms with van der Waals surface area (Å²) in [5.74, 6) is 0. The van der Waals surface area contributed by atoms with Gasteiger partial charge in [0.1, 0.15) is 0 Å². The lowest BCUT2D eigenvalue weighted by atomic mass is 10.2. The fourth-order valence-corrected chi connectivity index (χ4v) is 11.6. The summed E-state index contributed by atoms with van der Waals surface area (Å²) >= 11 is 0. The topological polar surface area (TPSA) is 71.2 Å². The first-order valence-corrected chi connectivity index (χ1v) is 20.3. The molecule has 6 aromatic carbocycles. The number of hydrogen-bond acceptors (Lipinski definition) is 5. The monoisotopic (exact) mass is 701 g/mol. The zero-order valence-corrected chi connectivity index (χ0v) is 30.3. The Kier molecular flexibility index (Phi) is 9.86. The number of benzene rings is 6. The van der Waals surface area contributed by atoms with E-state index in [4.69, 9.17) is 15.0 Å². The van der Waals surface area contributed by atoms with Gasteiger partial charge in [0.05, 0.1) is 34.2 Å². The molecule has 0 saturated carbocycles. The highest BCUT2D eigenvalue weighted by molar-refractivity contribution is 7.85. The number of allylic oxidation sites excluding steroid dienone is 2. The maximum Gasteiger partial charge on any atom is 0.171 e. The third kappa shape index (κ3) is 6.97. The number of hydrogen-bond donors (Lipinski definition) is 0. The quantitative estimate of drug-likeness (QED) is 0.106. The molecule has 0 N–H and O–H groups in total. The molecule has 7 rings (SSSR count). The van der Waals surface area contributed by atoms with E-state index in [2.05, 4.69) is 6.08 Å². The second kappa shape index (κ2) is 14.8. The predicted octanol–water partition coefficient (Wildman–Crippen LogP) is 8.58. The van der Waals surface area contributed by atoms with Gasteiger partial charge in [0, 0.05) is 38.2 Å². The predicted molar refractivity (Wildman–Crippen MR) is 217 cm³/mol. The lowest BCUT2D eigenvalue weighted by Gasteiger charge is -2.20. The lowest BCUT2D eigenvalue weighted by molar-refractivity contribution is 0.591. The first-order chi connectivity index (χ1) is 24.9. The Morgan fingerprint density at radius 3 is 1.12 bits per heavy atom. The second-order valence-electron chi connectivity index (χ2n) is 12.3. The molecule has 0 saturated heterocycles. The minimum absolute atomic E-state index is 0.656. The fraction of sp³-hybridized carbons (Fsp3) is 0.0682. The molecule has 0 atom stereocenters. The van der Waals surface area contributed by atoms with Crippen molar-refractivity contribution < 1.29 is 9.13 Å². The van der Waals surface area contributed by atoms with Crippen molar-refractivity contribution in [3.63, 3.8) is 0 Å². The molecule has 0 fully saturated rings. The normalized spacial score (nSPS) is 13.8. The van der Waals surface area contributed by atoms with Crippen LogP contribution in [0.15, 0.2) is 197 Å². The van der Waals surface area contributed by atoms with Gasteiger partial charge in [-0.1, -0.05) is 127 Å². The van der Waals surface area contributed by atoms with E-state index in [1.54, 1.807) is 0 Å². The molecule has 6 aromatic rings. The van der Waals surface area contributed by atoms with Crippen LogP contribution in [0.5, 0.6) is 0 Å². The van der Waals surface area contributed by atoms with Crippen molar-refractivity contribution in [2.45, 2.75) is 20.3 Å². The van der Waals surface area contributed by atoms with Crippen molar-refractivity contribution >= 4 is 74.6 Å². The second-order valence-corrected chi connectivity index (χ2v) is 17.9. The highest BCUT2D eigenvalue weighted by Crippen LogP contribution is 2.43. The van der Waals surface area contributed by atoms with Gasteiger partial charge in [0.15, 0.2) is 14.3 Å². The number of aliphatic imine (C=N–C) groups is 3. The first-order valence-electron chi connectivity index (χ1n) is 16.9. The third-order valence-corrected chi connectivity index (χ3v) is 15.2. The SMILES string of the molecule is CC(=Nc1ccc(P(=O)(c2ccccc2)c2ccccc2)cc1)C1=CCC(C(C)=Nc2ccc(P(=O)(c3ccccc3)c3ccccc3)cc2)=N1. The molecule has 1 aliphatic rings. The molecule has 7 heteroatoms. The summed E-state index contributed by atoms with van der Waals surface area (Å²) in [6.07, 6.45) is 2.72. The van der Waals surface area contributed by atoms with E-state index in [-0.39, 0.29) is 0 Å². The molecular weight excluding hydrogens is 664 g/mol. The molecule has 0 radical (unpaired) electrons. The maximum absolute atomic E-state index is 14.7. The summed E-state index contributed by atoms with van der Waals surface area (Å²) < 4.78 is 29.4. The molecule has 0 aromatic heterocycles. The molecule has 0 spiro atoms. The van der Waals surface area contributed by atoms with E-state index in [0.717, 1.165) is 66.0 Å². The Bertz CT molecular complexity index is 2280. The summed E-state index contributed by atoms with van der Waals surface area (Å²) in [6.45, 7) is 3.92. The van der Waals surface area contributed by atoms with Crippen molar-refractivity contribution in [3.05, 3.63) is 182 Å². The first kappa shape index (κ1) is 34.0. The zero-order valence-electron chi connectivity index (χ0n) is 28.5. The molecule has 0 amide bonds. The van der Waals surface area contributed by atoms with E-state index < -0.39 is 14.3 Å². The maximum atomic E-state index is 14.7. The van der Waals surface area contributed by atoms with Crippen LogP contribution in [0.2, 0.25) is 0 Å². The Labute approximate surface area is 299 Å². The summed E-state index contributed by atoms with van der Waals surface area (Å²) in [4.78, 5) is 14.6. The van der Waals surface area contributed by atoms with Crippen LogP contribution >= 0.6 is 14.3 Å². The van der Waals surface area contributed by atoms with Crippen molar-refractivity contribution in [3.8, 4) is 0 Å². The summed E-state index contributed by atoms with van der Waals surface area (Å²) in [5.41, 5.74) is 4.84. The van der Waals surface area contributed by atoms with Gasteiger partial charge >= 0.3 is 0 Å². The van der Waals surface area contributed by atoms with Gasteiger partial charge in [-0.2, -0.15) is 0 Å². The molecule has 1 aliphatic heterocycles. The largest absolute Gasteiger partial charge is 0.309 e. The van der Waals surface area contributed by atoms with E-state index >= 15 is 0 Å². The van der Waals surface area contributed by atoms with Crippen LogP contribution in [0, 0.1) is 0 Å². The molecule has 0 bridgehead atoms. The minimum Gasteiger partial charge on any atom is -0.309 e. The Morgan fingerprint density at radius 2 is 0.765 bits per heavy atom. The van der Waals surface area contributed by atoms with Gasteiger partial charge in [-0.15, -0.1) is 0 Å². The number of rotatable bonds is 10. The average molecular weight is 702 g/mol. The molecular formula is C44H37N3O2P2. The van der Waals surface area contributed by atoms with E-state index in [9.17, 15) is 9.13 Å². The molecule has 1 heterocycles. The lowest BCUT2D eigenvalue weighted by Crippen LogP contribution is -2.24. The van der Waals surface area contributed by atoms with Gasteiger partial charge < -0.3 is 9.13 Å². The average Bonchev–Trinajstić information content (AvgIpc) is 3.71. The van der Waals surface area contributed by atoms with Gasteiger partial charge in [0.25, 0.3) is 0 Å². The van der Waals surface area contributed by atoms with Crippen molar-refractivity contribution in [2.75, 3.05) is 0 Å². The molecule has 0 unspecified atom stereocenters. The van der Waals surface area contributed by atoms with Crippen LogP contribution in [0.3, 0.4) is 0 Å². The summed E-state index contributed by atoms with van der Waals surface area (Å²) in [6, 6.07) is 54.0. The van der Waals surface area contributed by atoms with Crippen LogP contribution in [0.4, 0.5) is 11.4 Å². The molecule has 0 aliphatic carbocycles. The fourth-order valence-electron chi connectivity index (χ4n) is 6.32. The van der Waals surface area contributed by atoms with Crippen LogP contribution < -0.4 is 31.8 Å². The van der Waals surface area contributed by atoms with E-state index in [0.29, 0.717) is 6.42 Å². The molecule has 51 heavy (non-hydrogen) atoms. The van der Waals surface area contributed by atoms with Crippen molar-refractivity contribution in [1.29, 1.82) is 0 Å². The standard InChI is InChI=1S/C44H37N3O2P2/c1-33(45-35-23-27-41(28-24-35)50(48,37-15-7-3-8-16-37)38-17-9-4-10-18-38)43-31-32-44(47-43)34(2)46-36-25-29-42(30-26-36)51(49,39-19-11-5-12-20-39)40-21-13-6-14-22-40/h3-31H,32H2,1-2H3. The Balaban J connectivity index is 1.09. The van der Waals surface area contributed by atoms with Crippen molar-refractivity contribution in [1.82, 2.24) is 0 Å². The molecule has 250 valence electrons. The highest BCUT2D eigenvalue weighted by Gasteiger charge is 2.30. The van der Waals surface area contributed by atoms with Crippen LogP contribution in [0.25, 0.3) is 0 Å². The molecule has 5 nitrogen and oxygen atoms in total. The summed E-state index contributed by atoms with van der Waals surface area (Å²) in [7, 11) is -6.10.